The highest BCUT2D eigenvalue weighted by Crippen LogP contribution is 2.22. The van der Waals surface area contributed by atoms with Crippen molar-refractivity contribution in [3.05, 3.63) is 72.4 Å². The second kappa shape index (κ2) is 8.26. The fraction of sp³-hybridized carbons (Fsp3) is 0.200. The molecule has 0 saturated carbocycles. The van der Waals surface area contributed by atoms with Gasteiger partial charge in [0.25, 0.3) is 0 Å². The number of aryl methyl sites for hydroxylation is 1. The maximum absolute atomic E-state index is 12.2. The van der Waals surface area contributed by atoms with E-state index in [0.29, 0.717) is 18.7 Å². The number of hydrogen-bond acceptors (Lipinski definition) is 5. The lowest BCUT2D eigenvalue weighted by Crippen LogP contribution is -2.27. The van der Waals surface area contributed by atoms with Gasteiger partial charge in [0.1, 0.15) is 5.82 Å². The zero-order valence-electron chi connectivity index (χ0n) is 15.4. The Hall–Kier alpha value is -3.13. The van der Waals surface area contributed by atoms with Crippen molar-refractivity contribution in [1.29, 1.82) is 0 Å². The molecule has 8 heteroatoms. The van der Waals surface area contributed by atoms with E-state index in [1.54, 1.807) is 6.20 Å². The molecule has 1 amide bonds. The van der Waals surface area contributed by atoms with Gasteiger partial charge in [0.15, 0.2) is 10.8 Å². The topological polar surface area (TPSA) is 77.1 Å². The summed E-state index contributed by atoms with van der Waals surface area (Å²) in [6.07, 6.45) is 6.22. The third kappa shape index (κ3) is 3.91. The van der Waals surface area contributed by atoms with Crippen LogP contribution in [0.15, 0.2) is 66.2 Å². The monoisotopic (exact) mass is 392 g/mol. The molecule has 142 valence electrons. The van der Waals surface area contributed by atoms with E-state index in [1.807, 2.05) is 57.8 Å². The van der Waals surface area contributed by atoms with Crippen LogP contribution in [-0.2, 0) is 11.2 Å². The Balaban J connectivity index is 1.31. The number of fused-ring (bicyclic) bond motifs is 1. The molecule has 3 heterocycles. The lowest BCUT2D eigenvalue weighted by atomic mass is 10.2. The van der Waals surface area contributed by atoms with E-state index in [0.717, 1.165) is 27.9 Å². The van der Waals surface area contributed by atoms with Crippen molar-refractivity contribution in [3.8, 4) is 5.69 Å². The predicted octanol–water partition coefficient (Wildman–Crippen LogP) is 2.67. The highest BCUT2D eigenvalue weighted by atomic mass is 32.2. The number of rotatable bonds is 7. The zero-order valence-corrected chi connectivity index (χ0v) is 16.3. The third-order valence-electron chi connectivity index (χ3n) is 4.37. The molecule has 1 aromatic carbocycles. The predicted molar refractivity (Wildman–Crippen MR) is 109 cm³/mol. The van der Waals surface area contributed by atoms with Crippen molar-refractivity contribution < 1.29 is 4.79 Å². The van der Waals surface area contributed by atoms with Crippen molar-refractivity contribution >= 4 is 23.3 Å². The van der Waals surface area contributed by atoms with Crippen LogP contribution in [0.4, 0.5) is 0 Å². The second-order valence-electron chi connectivity index (χ2n) is 6.30. The van der Waals surface area contributed by atoms with Crippen LogP contribution in [0.25, 0.3) is 11.3 Å². The molecule has 0 spiro atoms. The first-order chi connectivity index (χ1) is 13.7. The van der Waals surface area contributed by atoms with E-state index in [-0.39, 0.29) is 5.91 Å². The molecule has 0 saturated heterocycles. The molecule has 0 bridgehead atoms. The first-order valence-corrected chi connectivity index (χ1v) is 9.98. The Bertz CT molecular complexity index is 1100. The minimum atomic E-state index is -0.0295. The maximum atomic E-state index is 12.2. The Kier molecular flexibility index (Phi) is 5.38. The number of nitrogens with one attached hydrogen (secondary N) is 1. The van der Waals surface area contributed by atoms with Crippen LogP contribution in [0, 0.1) is 6.92 Å². The average Bonchev–Trinajstić information content (AvgIpc) is 3.34. The Morgan fingerprint density at radius 2 is 1.96 bits per heavy atom. The highest BCUT2D eigenvalue weighted by Gasteiger charge is 2.11. The summed E-state index contributed by atoms with van der Waals surface area (Å²) in [6, 6.07) is 13.9. The number of benzene rings is 1. The van der Waals surface area contributed by atoms with Crippen LogP contribution in [0.5, 0.6) is 0 Å². The van der Waals surface area contributed by atoms with Gasteiger partial charge in [-0.05, 0) is 30.7 Å². The van der Waals surface area contributed by atoms with E-state index in [9.17, 15) is 4.79 Å². The number of thioether (sulfide) groups is 1. The normalized spacial score (nSPS) is 11.0. The van der Waals surface area contributed by atoms with E-state index in [4.69, 9.17) is 0 Å². The summed E-state index contributed by atoms with van der Waals surface area (Å²) in [5.74, 6) is 1.11. The Morgan fingerprint density at radius 3 is 2.86 bits per heavy atom. The van der Waals surface area contributed by atoms with Gasteiger partial charge in [-0.2, -0.15) is 0 Å². The van der Waals surface area contributed by atoms with E-state index >= 15 is 0 Å². The SMILES string of the molecule is Cc1ccccc1-n1ccnc1SCC(=O)NCCc1nnc2ccccn12. The second-order valence-corrected chi connectivity index (χ2v) is 7.24. The summed E-state index contributed by atoms with van der Waals surface area (Å²) in [6.45, 7) is 2.58. The van der Waals surface area contributed by atoms with Crippen molar-refractivity contribution in [3.63, 3.8) is 0 Å². The summed E-state index contributed by atoms with van der Waals surface area (Å²) in [4.78, 5) is 16.6. The fourth-order valence-electron chi connectivity index (χ4n) is 2.97. The summed E-state index contributed by atoms with van der Waals surface area (Å²) in [7, 11) is 0. The van der Waals surface area contributed by atoms with Crippen molar-refractivity contribution in [2.45, 2.75) is 18.5 Å². The van der Waals surface area contributed by atoms with Crippen LogP contribution < -0.4 is 5.32 Å². The lowest BCUT2D eigenvalue weighted by molar-refractivity contribution is -0.118. The molecule has 0 fully saturated rings. The first-order valence-electron chi connectivity index (χ1n) is 9.00. The molecule has 28 heavy (non-hydrogen) atoms. The number of aromatic nitrogens is 5. The molecule has 4 rings (SSSR count). The Labute approximate surface area is 166 Å². The van der Waals surface area contributed by atoms with Gasteiger partial charge in [-0.1, -0.05) is 36.0 Å². The zero-order chi connectivity index (χ0) is 19.3. The molecular weight excluding hydrogens is 372 g/mol. The summed E-state index contributed by atoms with van der Waals surface area (Å²) >= 11 is 1.42. The quantitative estimate of drug-likeness (QED) is 0.489. The van der Waals surface area contributed by atoms with Crippen LogP contribution in [0.1, 0.15) is 11.4 Å². The lowest BCUT2D eigenvalue weighted by Gasteiger charge is -2.10. The van der Waals surface area contributed by atoms with Crippen molar-refractivity contribution in [1.82, 2.24) is 29.5 Å². The van der Waals surface area contributed by atoms with Crippen molar-refractivity contribution in [2.24, 2.45) is 0 Å². The van der Waals surface area contributed by atoms with Gasteiger partial charge in [0, 0.05) is 31.6 Å². The minimum Gasteiger partial charge on any atom is -0.355 e. The number of nitrogens with zero attached hydrogens (tertiary/aromatic N) is 5. The van der Waals surface area contributed by atoms with Gasteiger partial charge in [0.2, 0.25) is 5.91 Å². The summed E-state index contributed by atoms with van der Waals surface area (Å²) in [5.41, 5.74) is 3.04. The number of hydrogen-bond donors (Lipinski definition) is 1. The van der Waals surface area contributed by atoms with Gasteiger partial charge in [-0.15, -0.1) is 10.2 Å². The Morgan fingerprint density at radius 1 is 1.11 bits per heavy atom. The van der Waals surface area contributed by atoms with Crippen LogP contribution in [-0.4, -0.2) is 42.4 Å². The van der Waals surface area contributed by atoms with Crippen LogP contribution in [0.2, 0.25) is 0 Å². The van der Waals surface area contributed by atoms with E-state index < -0.39 is 0 Å². The number of carbonyl (C=O) groups is 1. The van der Waals surface area contributed by atoms with Gasteiger partial charge in [-0.3, -0.25) is 13.8 Å². The molecular formula is C20H20N6OS. The third-order valence-corrected chi connectivity index (χ3v) is 5.34. The molecule has 0 atom stereocenters. The minimum absolute atomic E-state index is 0.0295. The maximum Gasteiger partial charge on any atom is 0.230 e. The largest absolute Gasteiger partial charge is 0.355 e. The van der Waals surface area contributed by atoms with E-state index in [2.05, 4.69) is 33.5 Å². The van der Waals surface area contributed by atoms with Gasteiger partial charge in [0.05, 0.1) is 11.4 Å². The van der Waals surface area contributed by atoms with E-state index in [1.165, 1.54) is 11.8 Å². The van der Waals surface area contributed by atoms with Crippen LogP contribution in [0.3, 0.4) is 0 Å². The molecule has 4 aromatic rings. The smallest absolute Gasteiger partial charge is 0.230 e. The van der Waals surface area contributed by atoms with Crippen molar-refractivity contribution in [2.75, 3.05) is 12.3 Å². The standard InChI is InChI=1S/C20H20N6OS/c1-15-6-2-3-7-16(15)25-13-11-22-20(25)28-14-19(27)21-10-9-18-24-23-17-8-4-5-12-26(17)18/h2-8,11-13H,9-10,14H2,1H3,(H,21,27). The van der Waals surface area contributed by atoms with Crippen LogP contribution >= 0.6 is 11.8 Å². The molecule has 1 N–H and O–H groups in total. The number of para-hydroxylation sites is 1. The number of pyridine rings is 1. The van der Waals surface area contributed by atoms with Gasteiger partial charge in [-0.25, -0.2) is 4.98 Å². The molecule has 0 aliphatic carbocycles. The molecule has 0 unspecified atom stereocenters. The number of imidazole rings is 1. The molecule has 3 aromatic heterocycles. The fourth-order valence-corrected chi connectivity index (χ4v) is 3.77. The average molecular weight is 392 g/mol. The summed E-state index contributed by atoms with van der Waals surface area (Å²) in [5, 5.41) is 12.0. The first kappa shape index (κ1) is 18.2. The molecule has 7 nitrogen and oxygen atoms in total. The van der Waals surface area contributed by atoms with Gasteiger partial charge < -0.3 is 5.32 Å². The molecule has 0 aliphatic heterocycles. The molecule has 0 aliphatic rings. The molecule has 0 radical (unpaired) electrons. The van der Waals surface area contributed by atoms with Gasteiger partial charge >= 0.3 is 0 Å². The summed E-state index contributed by atoms with van der Waals surface area (Å²) < 4.78 is 3.94. The highest BCUT2D eigenvalue weighted by molar-refractivity contribution is 7.99. The number of carbonyl (C=O) groups excluding carboxylic acids is 1. The number of amides is 1.